The van der Waals surface area contributed by atoms with Gasteiger partial charge in [-0.2, -0.15) is 0 Å². The molecule has 0 aliphatic carbocycles. The second kappa shape index (κ2) is 10.8. The Morgan fingerprint density at radius 2 is 2.07 bits per heavy atom. The summed E-state index contributed by atoms with van der Waals surface area (Å²) >= 11 is 5.31. The number of nitrogens with one attached hydrogen (secondary N) is 4. The molecule has 0 aliphatic rings. The fourth-order valence-corrected chi connectivity index (χ4v) is 2.95. The van der Waals surface area contributed by atoms with Crippen molar-refractivity contribution >= 4 is 34.3 Å². The smallest absolute Gasteiger partial charge is 0.296 e. The maximum absolute atomic E-state index is 11.8. The van der Waals surface area contributed by atoms with Crippen molar-refractivity contribution in [1.82, 2.24) is 25.9 Å². The molecule has 2 aromatic heterocycles. The van der Waals surface area contributed by atoms with Crippen molar-refractivity contribution in [2.24, 2.45) is 0 Å². The van der Waals surface area contributed by atoms with E-state index in [0.717, 1.165) is 28.6 Å². The zero-order valence-corrected chi connectivity index (χ0v) is 17.4. The van der Waals surface area contributed by atoms with Crippen LogP contribution >= 0.6 is 12.2 Å². The van der Waals surface area contributed by atoms with E-state index in [1.807, 2.05) is 36.5 Å². The Labute approximate surface area is 180 Å². The van der Waals surface area contributed by atoms with Crippen molar-refractivity contribution in [3.63, 3.8) is 0 Å². The van der Waals surface area contributed by atoms with Crippen LogP contribution in [0.2, 0.25) is 0 Å². The first kappa shape index (κ1) is 21.1. The van der Waals surface area contributed by atoms with Crippen LogP contribution < -0.4 is 20.7 Å². The highest BCUT2D eigenvalue weighted by Gasteiger charge is 2.03. The summed E-state index contributed by atoms with van der Waals surface area (Å²) in [6.07, 6.45) is 4.37. The number of aromatic amines is 1. The lowest BCUT2D eigenvalue weighted by atomic mass is 10.2. The number of carbonyl (C=O) groups excluding carboxylic acids is 1. The van der Waals surface area contributed by atoms with E-state index in [1.54, 1.807) is 19.4 Å². The van der Waals surface area contributed by atoms with Crippen LogP contribution in [0.4, 0.5) is 0 Å². The molecule has 154 valence electrons. The van der Waals surface area contributed by atoms with Crippen molar-refractivity contribution in [2.45, 2.75) is 13.0 Å². The lowest BCUT2D eigenvalue weighted by molar-refractivity contribution is -0.115. The number of rotatable bonds is 7. The van der Waals surface area contributed by atoms with Gasteiger partial charge in [-0.05, 0) is 54.5 Å². The summed E-state index contributed by atoms with van der Waals surface area (Å²) in [6, 6.07) is 11.2. The number of hydrogen-bond acceptors (Lipinski definition) is 4. The lowest BCUT2D eigenvalue weighted by Crippen LogP contribution is -2.36. The molecule has 8 heteroatoms. The Hall–Kier alpha value is -3.57. The highest BCUT2D eigenvalue weighted by atomic mass is 32.1. The third-order valence-corrected chi connectivity index (χ3v) is 4.59. The summed E-state index contributed by atoms with van der Waals surface area (Å²) in [5.74, 6) is 5.80. The van der Waals surface area contributed by atoms with E-state index in [-0.39, 0.29) is 5.91 Å². The number of carbonyl (C=O) groups is 1. The molecule has 0 spiro atoms. The zero-order valence-electron chi connectivity index (χ0n) is 16.6. The molecule has 0 saturated carbocycles. The Morgan fingerprint density at radius 1 is 1.20 bits per heavy atom. The molecule has 0 unspecified atom stereocenters. The van der Waals surface area contributed by atoms with E-state index in [2.05, 4.69) is 37.8 Å². The van der Waals surface area contributed by atoms with Crippen LogP contribution in [0.15, 0.2) is 48.8 Å². The van der Waals surface area contributed by atoms with Gasteiger partial charge in [0, 0.05) is 48.9 Å². The highest BCUT2D eigenvalue weighted by Crippen LogP contribution is 2.14. The van der Waals surface area contributed by atoms with Crippen molar-refractivity contribution < 1.29 is 9.53 Å². The molecule has 3 aromatic rings. The molecular weight excluding hydrogens is 398 g/mol. The van der Waals surface area contributed by atoms with Crippen LogP contribution in [0.25, 0.3) is 11.0 Å². The van der Waals surface area contributed by atoms with Gasteiger partial charge in [-0.15, -0.1) is 0 Å². The fraction of sp³-hybridized carbons (Fsp3) is 0.227. The molecule has 0 bridgehead atoms. The minimum atomic E-state index is -0.313. The van der Waals surface area contributed by atoms with Gasteiger partial charge in [-0.3, -0.25) is 4.79 Å². The number of H-pyrrole nitrogens is 1. The van der Waals surface area contributed by atoms with E-state index >= 15 is 0 Å². The number of ether oxygens (including phenoxy) is 1. The lowest BCUT2D eigenvalue weighted by Gasteiger charge is -2.11. The van der Waals surface area contributed by atoms with E-state index in [4.69, 9.17) is 17.0 Å². The van der Waals surface area contributed by atoms with Crippen LogP contribution in [0.5, 0.6) is 5.75 Å². The summed E-state index contributed by atoms with van der Waals surface area (Å²) in [5, 5.41) is 10.7. The molecule has 1 amide bonds. The largest absolute Gasteiger partial charge is 0.497 e. The SMILES string of the molecule is COc1cccc(C#CC(=O)NCCCNC(=S)NCc2ccnc3[nH]ccc23)c1. The summed E-state index contributed by atoms with van der Waals surface area (Å²) in [4.78, 5) is 19.2. The fourth-order valence-electron chi connectivity index (χ4n) is 2.78. The molecule has 1 aromatic carbocycles. The predicted molar refractivity (Wildman–Crippen MR) is 121 cm³/mol. The van der Waals surface area contributed by atoms with Crippen molar-refractivity contribution in [2.75, 3.05) is 20.2 Å². The topological polar surface area (TPSA) is 91.1 Å². The third kappa shape index (κ3) is 6.22. The Kier molecular flexibility index (Phi) is 7.64. The van der Waals surface area contributed by atoms with Crippen molar-refractivity contribution in [3.05, 3.63) is 59.9 Å². The van der Waals surface area contributed by atoms with Gasteiger partial charge in [-0.25, -0.2) is 4.98 Å². The molecule has 0 fully saturated rings. The molecule has 7 nitrogen and oxygen atoms in total. The molecule has 3 rings (SSSR count). The van der Waals surface area contributed by atoms with Gasteiger partial charge in [0.05, 0.1) is 7.11 Å². The van der Waals surface area contributed by atoms with E-state index in [9.17, 15) is 4.79 Å². The number of hydrogen-bond donors (Lipinski definition) is 4. The molecule has 0 saturated heterocycles. The van der Waals surface area contributed by atoms with Crippen LogP contribution in [0.1, 0.15) is 17.5 Å². The first-order valence-corrected chi connectivity index (χ1v) is 9.93. The minimum absolute atomic E-state index is 0.313. The summed E-state index contributed by atoms with van der Waals surface area (Å²) in [5.41, 5.74) is 2.71. The Balaban J connectivity index is 1.32. The molecule has 2 heterocycles. The van der Waals surface area contributed by atoms with Crippen molar-refractivity contribution in [3.8, 4) is 17.6 Å². The number of methoxy groups -OCH3 is 1. The average molecular weight is 422 g/mol. The second-order valence-corrected chi connectivity index (χ2v) is 6.82. The normalized spacial score (nSPS) is 10.0. The first-order chi connectivity index (χ1) is 14.7. The first-order valence-electron chi connectivity index (χ1n) is 9.52. The monoisotopic (exact) mass is 421 g/mol. The van der Waals surface area contributed by atoms with E-state index in [0.29, 0.717) is 30.5 Å². The summed E-state index contributed by atoms with van der Waals surface area (Å²) in [7, 11) is 1.59. The second-order valence-electron chi connectivity index (χ2n) is 6.41. The molecular formula is C22H23N5O2S. The van der Waals surface area contributed by atoms with Crippen LogP contribution in [-0.2, 0) is 11.3 Å². The van der Waals surface area contributed by atoms with Crippen LogP contribution in [0, 0.1) is 11.8 Å². The van der Waals surface area contributed by atoms with Gasteiger partial charge >= 0.3 is 0 Å². The van der Waals surface area contributed by atoms with Gasteiger partial charge in [0.1, 0.15) is 11.4 Å². The highest BCUT2D eigenvalue weighted by molar-refractivity contribution is 7.80. The minimum Gasteiger partial charge on any atom is -0.497 e. The van der Waals surface area contributed by atoms with Gasteiger partial charge in [0.15, 0.2) is 5.11 Å². The van der Waals surface area contributed by atoms with Gasteiger partial charge in [0.2, 0.25) is 0 Å². The molecule has 4 N–H and O–H groups in total. The number of nitrogens with zero attached hydrogens (tertiary/aromatic N) is 1. The molecule has 0 atom stereocenters. The maximum atomic E-state index is 11.8. The quantitative estimate of drug-likeness (QED) is 0.265. The molecule has 0 aliphatic heterocycles. The van der Waals surface area contributed by atoms with Crippen molar-refractivity contribution in [1.29, 1.82) is 0 Å². The number of fused-ring (bicyclic) bond motifs is 1. The molecule has 0 radical (unpaired) electrons. The number of thiocarbonyl (C=S) groups is 1. The summed E-state index contributed by atoms with van der Waals surface area (Å²) < 4.78 is 5.14. The van der Waals surface area contributed by atoms with Gasteiger partial charge in [0.25, 0.3) is 5.91 Å². The third-order valence-electron chi connectivity index (χ3n) is 4.30. The van der Waals surface area contributed by atoms with E-state index in [1.165, 1.54) is 0 Å². The number of aromatic nitrogens is 2. The predicted octanol–water partition coefficient (Wildman–Crippen LogP) is 2.09. The van der Waals surface area contributed by atoms with Crippen LogP contribution in [-0.4, -0.2) is 41.2 Å². The van der Waals surface area contributed by atoms with E-state index < -0.39 is 0 Å². The number of amides is 1. The Morgan fingerprint density at radius 3 is 2.93 bits per heavy atom. The zero-order chi connectivity index (χ0) is 21.2. The van der Waals surface area contributed by atoms with Crippen LogP contribution in [0.3, 0.4) is 0 Å². The van der Waals surface area contributed by atoms with Gasteiger partial charge in [-0.1, -0.05) is 12.0 Å². The molecule has 30 heavy (non-hydrogen) atoms. The average Bonchev–Trinajstić information content (AvgIpc) is 3.25. The standard InChI is InChI=1S/C22H23N5O2S/c1-29-18-5-2-4-16(14-18)6-7-20(28)23-10-3-11-26-22(30)27-15-17-8-12-24-21-19(17)9-13-25-21/h2,4-5,8-9,12-14H,3,10-11,15H2,1H3,(H,23,28)(H,24,25)(H2,26,27,30). The summed E-state index contributed by atoms with van der Waals surface area (Å²) in [6.45, 7) is 1.76. The Bertz CT molecular complexity index is 1080. The number of benzene rings is 1. The maximum Gasteiger partial charge on any atom is 0.296 e. The number of pyridine rings is 1. The van der Waals surface area contributed by atoms with Gasteiger partial charge < -0.3 is 25.7 Å².